The van der Waals surface area contributed by atoms with Crippen LogP contribution in [0.2, 0.25) is 0 Å². The largest absolute Gasteiger partial charge is 0.416 e. The molecule has 2 unspecified atom stereocenters. The molecular formula is C15H18F3NO3. The first-order valence-corrected chi connectivity index (χ1v) is 6.80. The van der Waals surface area contributed by atoms with E-state index in [4.69, 9.17) is 4.74 Å². The molecule has 0 saturated heterocycles. The summed E-state index contributed by atoms with van der Waals surface area (Å²) in [5, 5.41) is 2.50. The van der Waals surface area contributed by atoms with Crippen LogP contribution in [0.5, 0.6) is 0 Å². The van der Waals surface area contributed by atoms with E-state index in [1.807, 2.05) is 0 Å². The molecule has 22 heavy (non-hydrogen) atoms. The van der Waals surface area contributed by atoms with Crippen molar-refractivity contribution in [3.63, 3.8) is 0 Å². The normalized spacial score (nSPS) is 14.2. The van der Waals surface area contributed by atoms with Gasteiger partial charge in [-0.25, -0.2) is 0 Å². The molecule has 0 bridgehead atoms. The predicted octanol–water partition coefficient (Wildman–Crippen LogP) is 2.70. The lowest BCUT2D eigenvalue weighted by atomic mass is 10.1. The summed E-state index contributed by atoms with van der Waals surface area (Å²) in [5.41, 5.74) is -0.184. The molecule has 0 spiro atoms. The van der Waals surface area contributed by atoms with E-state index in [2.05, 4.69) is 5.32 Å². The average Bonchev–Trinajstić information content (AvgIpc) is 2.49. The standard InChI is InChI=1S/C15H18F3NO3/c1-3-14(21)19-13(8-20)10(2)22-9-11-4-6-12(7-5-11)15(16,17)18/h4-8,10,13H,3,9H2,1-2H3,(H,19,21). The molecule has 0 aliphatic carbocycles. The second-order valence-corrected chi connectivity index (χ2v) is 4.79. The number of aldehydes is 1. The van der Waals surface area contributed by atoms with Crippen LogP contribution in [0.15, 0.2) is 24.3 Å². The van der Waals surface area contributed by atoms with Crippen LogP contribution in [0.3, 0.4) is 0 Å². The second kappa shape index (κ2) is 7.93. The van der Waals surface area contributed by atoms with E-state index in [0.717, 1.165) is 12.1 Å². The summed E-state index contributed by atoms with van der Waals surface area (Å²) in [7, 11) is 0. The van der Waals surface area contributed by atoms with Gasteiger partial charge >= 0.3 is 6.18 Å². The average molecular weight is 317 g/mol. The molecule has 1 aromatic rings. The Morgan fingerprint density at radius 3 is 2.36 bits per heavy atom. The molecule has 0 fully saturated rings. The lowest BCUT2D eigenvalue weighted by Crippen LogP contribution is -2.44. The number of hydrogen-bond donors (Lipinski definition) is 1. The Balaban J connectivity index is 2.57. The maximum atomic E-state index is 12.4. The Morgan fingerprint density at radius 2 is 1.91 bits per heavy atom. The third kappa shape index (κ3) is 5.48. The molecule has 0 heterocycles. The highest BCUT2D eigenvalue weighted by molar-refractivity contribution is 5.79. The van der Waals surface area contributed by atoms with E-state index < -0.39 is 23.9 Å². The Hall–Kier alpha value is -1.89. The summed E-state index contributed by atoms with van der Waals surface area (Å²) >= 11 is 0. The molecule has 1 aromatic carbocycles. The van der Waals surface area contributed by atoms with E-state index in [0.29, 0.717) is 11.8 Å². The van der Waals surface area contributed by atoms with Gasteiger partial charge in [0.2, 0.25) is 5.91 Å². The minimum atomic E-state index is -4.38. The van der Waals surface area contributed by atoms with Gasteiger partial charge in [-0.2, -0.15) is 13.2 Å². The molecule has 4 nitrogen and oxygen atoms in total. The number of nitrogens with one attached hydrogen (secondary N) is 1. The molecule has 1 N–H and O–H groups in total. The zero-order valence-corrected chi connectivity index (χ0v) is 12.3. The number of hydrogen-bond acceptors (Lipinski definition) is 3. The quantitative estimate of drug-likeness (QED) is 0.787. The van der Waals surface area contributed by atoms with Crippen LogP contribution >= 0.6 is 0 Å². The van der Waals surface area contributed by atoms with Gasteiger partial charge in [0, 0.05) is 6.42 Å². The van der Waals surface area contributed by atoms with Gasteiger partial charge in [0.25, 0.3) is 0 Å². The van der Waals surface area contributed by atoms with Crippen molar-refractivity contribution in [1.82, 2.24) is 5.32 Å². The second-order valence-electron chi connectivity index (χ2n) is 4.79. The van der Waals surface area contributed by atoms with Gasteiger partial charge in [0.15, 0.2) is 0 Å². The summed E-state index contributed by atoms with van der Waals surface area (Å²) in [6.45, 7) is 3.32. The Labute approximate surface area is 126 Å². The number of alkyl halides is 3. The van der Waals surface area contributed by atoms with E-state index in [-0.39, 0.29) is 18.9 Å². The predicted molar refractivity (Wildman–Crippen MR) is 74.0 cm³/mol. The SMILES string of the molecule is CCC(=O)NC(C=O)C(C)OCc1ccc(C(F)(F)F)cc1. The highest BCUT2D eigenvalue weighted by atomic mass is 19.4. The first-order chi connectivity index (χ1) is 10.3. The number of ether oxygens (including phenoxy) is 1. The molecule has 0 aliphatic rings. The van der Waals surface area contributed by atoms with Crippen molar-refractivity contribution < 1.29 is 27.5 Å². The molecule has 1 rings (SSSR count). The van der Waals surface area contributed by atoms with Crippen LogP contribution in [0.25, 0.3) is 0 Å². The van der Waals surface area contributed by atoms with Crippen LogP contribution in [-0.4, -0.2) is 24.3 Å². The van der Waals surface area contributed by atoms with E-state index >= 15 is 0 Å². The van der Waals surface area contributed by atoms with Gasteiger partial charge in [0.1, 0.15) is 12.3 Å². The zero-order valence-electron chi connectivity index (χ0n) is 12.3. The number of benzene rings is 1. The van der Waals surface area contributed by atoms with E-state index in [9.17, 15) is 22.8 Å². The lowest BCUT2D eigenvalue weighted by molar-refractivity contribution is -0.137. The van der Waals surface area contributed by atoms with Crippen molar-refractivity contribution in [2.75, 3.05) is 0 Å². The molecule has 2 atom stereocenters. The zero-order chi connectivity index (χ0) is 16.8. The fourth-order valence-electron chi connectivity index (χ4n) is 1.67. The number of rotatable bonds is 7. The summed E-state index contributed by atoms with van der Waals surface area (Å²) in [6.07, 6.45) is -4.14. The van der Waals surface area contributed by atoms with Crippen LogP contribution in [0, 0.1) is 0 Å². The van der Waals surface area contributed by atoms with Crippen LogP contribution in [0.1, 0.15) is 31.4 Å². The third-order valence-corrected chi connectivity index (χ3v) is 3.10. The summed E-state index contributed by atoms with van der Waals surface area (Å²) < 4.78 is 42.7. The molecule has 1 amide bonds. The Bertz CT molecular complexity index is 500. The van der Waals surface area contributed by atoms with Gasteiger partial charge in [-0.3, -0.25) is 4.79 Å². The minimum absolute atomic E-state index is 0.0473. The Kier molecular flexibility index (Phi) is 6.55. The van der Waals surface area contributed by atoms with Crippen molar-refractivity contribution >= 4 is 12.2 Å². The van der Waals surface area contributed by atoms with Crippen LogP contribution < -0.4 is 5.32 Å². The first-order valence-electron chi connectivity index (χ1n) is 6.80. The van der Waals surface area contributed by atoms with Gasteiger partial charge in [-0.15, -0.1) is 0 Å². The summed E-state index contributed by atoms with van der Waals surface area (Å²) in [5.74, 6) is -0.276. The molecule has 7 heteroatoms. The van der Waals surface area contributed by atoms with Crippen molar-refractivity contribution in [3.05, 3.63) is 35.4 Å². The lowest BCUT2D eigenvalue weighted by Gasteiger charge is -2.20. The topological polar surface area (TPSA) is 55.4 Å². The number of carbonyl (C=O) groups excluding carboxylic acids is 2. The van der Waals surface area contributed by atoms with Crippen molar-refractivity contribution in [2.45, 2.75) is 45.2 Å². The maximum Gasteiger partial charge on any atom is 0.416 e. The third-order valence-electron chi connectivity index (χ3n) is 3.10. The van der Waals surface area contributed by atoms with Crippen molar-refractivity contribution in [1.29, 1.82) is 0 Å². The minimum Gasteiger partial charge on any atom is -0.371 e. The van der Waals surface area contributed by atoms with Crippen LogP contribution in [-0.2, 0) is 27.1 Å². The van der Waals surface area contributed by atoms with Crippen molar-refractivity contribution in [2.24, 2.45) is 0 Å². The van der Waals surface area contributed by atoms with E-state index in [1.54, 1.807) is 13.8 Å². The molecule has 0 saturated carbocycles. The maximum absolute atomic E-state index is 12.4. The Morgan fingerprint density at radius 1 is 1.32 bits per heavy atom. The van der Waals surface area contributed by atoms with Crippen LogP contribution in [0.4, 0.5) is 13.2 Å². The van der Waals surface area contributed by atoms with Gasteiger partial charge in [-0.1, -0.05) is 19.1 Å². The number of halogens is 3. The van der Waals surface area contributed by atoms with Gasteiger partial charge < -0.3 is 14.8 Å². The summed E-state index contributed by atoms with van der Waals surface area (Å²) in [4.78, 5) is 22.2. The monoisotopic (exact) mass is 317 g/mol. The fourth-order valence-corrected chi connectivity index (χ4v) is 1.67. The van der Waals surface area contributed by atoms with E-state index in [1.165, 1.54) is 12.1 Å². The molecular weight excluding hydrogens is 299 g/mol. The van der Waals surface area contributed by atoms with Gasteiger partial charge in [0.05, 0.1) is 18.3 Å². The highest BCUT2D eigenvalue weighted by Crippen LogP contribution is 2.29. The first kappa shape index (κ1) is 18.2. The highest BCUT2D eigenvalue weighted by Gasteiger charge is 2.30. The summed E-state index contributed by atoms with van der Waals surface area (Å²) in [6, 6.07) is 3.78. The fraction of sp³-hybridized carbons (Fsp3) is 0.467. The molecule has 0 radical (unpaired) electrons. The molecule has 122 valence electrons. The number of amides is 1. The molecule has 0 aliphatic heterocycles. The smallest absolute Gasteiger partial charge is 0.371 e. The number of carbonyl (C=O) groups is 2. The van der Waals surface area contributed by atoms with Crippen molar-refractivity contribution in [3.8, 4) is 0 Å². The van der Waals surface area contributed by atoms with Gasteiger partial charge in [-0.05, 0) is 24.6 Å². The molecule has 0 aromatic heterocycles.